The number of para-hydroxylation sites is 2. The summed E-state index contributed by atoms with van der Waals surface area (Å²) in [6, 6.07) is 20.5. The third kappa shape index (κ3) is 2.77. The molecule has 0 radical (unpaired) electrons. The minimum absolute atomic E-state index is 0.0613. The molecule has 4 atom stereocenters. The van der Waals surface area contributed by atoms with Crippen molar-refractivity contribution in [2.24, 2.45) is 17.8 Å². The van der Waals surface area contributed by atoms with Crippen molar-refractivity contribution < 1.29 is 9.59 Å². The van der Waals surface area contributed by atoms with Crippen LogP contribution in [-0.2, 0) is 15.1 Å². The number of aryl methyl sites for hydroxylation is 2. The fraction of sp³-hybridized carbons (Fsp3) is 0.290. The van der Waals surface area contributed by atoms with Gasteiger partial charge in [0.2, 0.25) is 11.8 Å². The third-order valence-electron chi connectivity index (χ3n) is 8.48. The van der Waals surface area contributed by atoms with Crippen molar-refractivity contribution in [1.82, 2.24) is 14.9 Å². The molecular formula is C31H28N4O3. The first-order valence-electron chi connectivity index (χ1n) is 13.1. The Balaban J connectivity index is 1.53. The number of benzene rings is 3. The Morgan fingerprint density at radius 3 is 2.32 bits per heavy atom. The van der Waals surface area contributed by atoms with Gasteiger partial charge in [0, 0.05) is 11.6 Å². The standard InChI is InChI=1S/C31H28N4O3/c1-16(2)26-24-25(29(38)34(28(24)37)19-14-17(3)13-18(4)15-19)31(33-26)21-10-6-8-12-23(21)35-27(36)20-9-5-7-11-22(20)32-30(31)35/h5-16,24-26,33H,1-4H3. The molecule has 4 unspecified atom stereocenters. The van der Waals surface area contributed by atoms with Crippen LogP contribution in [0.3, 0.4) is 0 Å². The molecule has 7 nitrogen and oxygen atoms in total. The first-order valence-corrected chi connectivity index (χ1v) is 13.1. The fourth-order valence-corrected chi connectivity index (χ4v) is 7.06. The summed E-state index contributed by atoms with van der Waals surface area (Å²) in [7, 11) is 0. The van der Waals surface area contributed by atoms with Crippen LogP contribution in [0.15, 0.2) is 71.5 Å². The van der Waals surface area contributed by atoms with Crippen LogP contribution in [0.1, 0.15) is 36.4 Å². The number of hydrogen-bond donors (Lipinski definition) is 1. The lowest BCUT2D eigenvalue weighted by Crippen LogP contribution is -2.51. The van der Waals surface area contributed by atoms with Crippen molar-refractivity contribution in [1.29, 1.82) is 0 Å². The van der Waals surface area contributed by atoms with Crippen molar-refractivity contribution in [2.45, 2.75) is 39.3 Å². The molecule has 7 heteroatoms. The van der Waals surface area contributed by atoms with Gasteiger partial charge in [0.15, 0.2) is 0 Å². The number of anilines is 1. The summed E-state index contributed by atoms with van der Waals surface area (Å²) in [5.41, 5.74) is 3.37. The quantitative estimate of drug-likeness (QED) is 0.418. The molecule has 3 aliphatic rings. The van der Waals surface area contributed by atoms with Crippen LogP contribution < -0.4 is 15.8 Å². The Kier molecular flexibility index (Phi) is 4.68. The van der Waals surface area contributed by atoms with Crippen LogP contribution in [0.2, 0.25) is 0 Å². The minimum atomic E-state index is -1.11. The zero-order chi connectivity index (χ0) is 26.5. The van der Waals surface area contributed by atoms with Crippen LogP contribution in [-0.4, -0.2) is 27.4 Å². The zero-order valence-corrected chi connectivity index (χ0v) is 21.7. The van der Waals surface area contributed by atoms with Crippen molar-refractivity contribution in [3.05, 3.63) is 99.6 Å². The monoisotopic (exact) mass is 504 g/mol. The number of carbonyl (C=O) groups excluding carboxylic acids is 2. The van der Waals surface area contributed by atoms with E-state index in [1.807, 2.05) is 74.5 Å². The second-order valence-electron chi connectivity index (χ2n) is 11.2. The average molecular weight is 505 g/mol. The number of rotatable bonds is 2. The Morgan fingerprint density at radius 2 is 1.58 bits per heavy atom. The number of carbonyl (C=O) groups is 2. The van der Waals surface area contributed by atoms with Crippen LogP contribution in [0.4, 0.5) is 5.69 Å². The van der Waals surface area contributed by atoms with Crippen LogP contribution in [0.5, 0.6) is 0 Å². The average Bonchev–Trinajstić information content (AvgIpc) is 3.47. The number of nitrogens with zero attached hydrogens (tertiary/aromatic N) is 3. The molecule has 7 rings (SSSR count). The number of fused-ring (bicyclic) bond motifs is 8. The lowest BCUT2D eigenvalue weighted by Gasteiger charge is -2.32. The number of hydrogen-bond acceptors (Lipinski definition) is 5. The second-order valence-corrected chi connectivity index (χ2v) is 11.2. The topological polar surface area (TPSA) is 84.3 Å². The molecule has 0 bridgehead atoms. The summed E-state index contributed by atoms with van der Waals surface area (Å²) in [4.78, 5) is 48.9. The molecule has 1 aromatic heterocycles. The van der Waals surface area contributed by atoms with Gasteiger partial charge in [-0.25, -0.2) is 9.88 Å². The summed E-state index contributed by atoms with van der Waals surface area (Å²) in [5.74, 6) is -1.26. The van der Waals surface area contributed by atoms with Crippen LogP contribution in [0.25, 0.3) is 16.6 Å². The molecule has 2 fully saturated rings. The molecular weight excluding hydrogens is 476 g/mol. The predicted octanol–water partition coefficient (Wildman–Crippen LogP) is 3.99. The maximum atomic E-state index is 14.5. The van der Waals surface area contributed by atoms with E-state index in [4.69, 9.17) is 4.98 Å². The van der Waals surface area contributed by atoms with Crippen molar-refractivity contribution in [3.63, 3.8) is 0 Å². The maximum absolute atomic E-state index is 14.5. The number of aromatic nitrogens is 2. The number of nitrogens with one attached hydrogen (secondary N) is 1. The van der Waals surface area contributed by atoms with Crippen molar-refractivity contribution in [3.8, 4) is 5.69 Å². The van der Waals surface area contributed by atoms with Gasteiger partial charge in [0.25, 0.3) is 5.56 Å². The largest absolute Gasteiger partial charge is 0.296 e. The van der Waals surface area contributed by atoms with Gasteiger partial charge in [-0.05, 0) is 61.2 Å². The lowest BCUT2D eigenvalue weighted by molar-refractivity contribution is -0.123. The molecule has 0 aliphatic carbocycles. The Morgan fingerprint density at radius 1 is 0.895 bits per heavy atom. The first kappa shape index (κ1) is 23.0. The highest BCUT2D eigenvalue weighted by atomic mass is 16.2. The Hall–Kier alpha value is -4.10. The molecule has 190 valence electrons. The molecule has 2 amide bonds. The minimum Gasteiger partial charge on any atom is -0.296 e. The van der Waals surface area contributed by atoms with E-state index in [1.54, 1.807) is 10.6 Å². The summed E-state index contributed by atoms with van der Waals surface area (Å²) >= 11 is 0. The Labute approximate surface area is 220 Å². The third-order valence-corrected chi connectivity index (χ3v) is 8.48. The summed E-state index contributed by atoms with van der Waals surface area (Å²) < 4.78 is 1.64. The van der Waals surface area contributed by atoms with Gasteiger partial charge in [0.05, 0.1) is 34.1 Å². The highest BCUT2D eigenvalue weighted by molar-refractivity contribution is 6.23. The highest BCUT2D eigenvalue weighted by Crippen LogP contribution is 2.56. The van der Waals surface area contributed by atoms with E-state index in [9.17, 15) is 14.4 Å². The van der Waals surface area contributed by atoms with Gasteiger partial charge in [0.1, 0.15) is 11.4 Å². The van der Waals surface area contributed by atoms with Gasteiger partial charge >= 0.3 is 0 Å². The molecule has 1 spiro atoms. The van der Waals surface area contributed by atoms with E-state index in [0.717, 1.165) is 16.7 Å². The molecule has 3 aromatic carbocycles. The van der Waals surface area contributed by atoms with Gasteiger partial charge in [-0.1, -0.05) is 50.2 Å². The smallest absolute Gasteiger partial charge is 0.266 e. The fourth-order valence-electron chi connectivity index (χ4n) is 7.06. The molecule has 4 heterocycles. The van der Waals surface area contributed by atoms with E-state index >= 15 is 0 Å². The molecule has 3 aliphatic heterocycles. The van der Waals surface area contributed by atoms with Crippen LogP contribution >= 0.6 is 0 Å². The summed E-state index contributed by atoms with van der Waals surface area (Å²) in [6.07, 6.45) is 0. The zero-order valence-electron chi connectivity index (χ0n) is 21.7. The molecule has 1 N–H and O–H groups in total. The van der Waals surface area contributed by atoms with E-state index < -0.39 is 17.4 Å². The molecule has 4 aromatic rings. The van der Waals surface area contributed by atoms with Crippen LogP contribution in [0, 0.1) is 31.6 Å². The SMILES string of the molecule is Cc1cc(C)cc(N2C(=O)C3C(C(C)C)NC4(c5ccccc5-n5c4nc4ccccc4c5=O)C3C2=O)c1. The number of amides is 2. The molecule has 38 heavy (non-hydrogen) atoms. The predicted molar refractivity (Wildman–Crippen MR) is 145 cm³/mol. The Bertz CT molecular complexity index is 1740. The summed E-state index contributed by atoms with van der Waals surface area (Å²) in [6.45, 7) is 8.06. The van der Waals surface area contributed by atoms with Crippen molar-refractivity contribution >= 4 is 28.4 Å². The summed E-state index contributed by atoms with van der Waals surface area (Å²) in [5, 5.41) is 4.25. The van der Waals surface area contributed by atoms with Gasteiger partial charge in [-0.3, -0.25) is 24.3 Å². The van der Waals surface area contributed by atoms with Crippen molar-refractivity contribution in [2.75, 3.05) is 4.90 Å². The second kappa shape index (κ2) is 7.71. The van der Waals surface area contributed by atoms with E-state index in [1.165, 1.54) is 4.90 Å². The van der Waals surface area contributed by atoms with Gasteiger partial charge < -0.3 is 0 Å². The first-order chi connectivity index (χ1) is 18.2. The lowest BCUT2D eigenvalue weighted by atomic mass is 9.75. The molecule has 0 saturated carbocycles. The highest BCUT2D eigenvalue weighted by Gasteiger charge is 2.70. The maximum Gasteiger partial charge on any atom is 0.266 e. The van der Waals surface area contributed by atoms with Gasteiger partial charge in [-0.2, -0.15) is 0 Å². The van der Waals surface area contributed by atoms with E-state index in [0.29, 0.717) is 28.1 Å². The van der Waals surface area contributed by atoms with E-state index in [-0.39, 0.29) is 29.3 Å². The number of imide groups is 1. The van der Waals surface area contributed by atoms with Gasteiger partial charge in [-0.15, -0.1) is 0 Å². The normalized spacial score (nSPS) is 25.5. The molecule has 2 saturated heterocycles. The van der Waals surface area contributed by atoms with E-state index in [2.05, 4.69) is 19.2 Å².